The summed E-state index contributed by atoms with van der Waals surface area (Å²) in [5.41, 5.74) is 3.20. The number of nitrogens with one attached hydrogen (secondary N) is 1. The molecule has 1 unspecified atom stereocenters. The van der Waals surface area contributed by atoms with Gasteiger partial charge in [0, 0.05) is 19.6 Å². The van der Waals surface area contributed by atoms with Crippen LogP contribution in [0.3, 0.4) is 0 Å². The van der Waals surface area contributed by atoms with E-state index in [1.807, 2.05) is 6.92 Å². The molecule has 1 atom stereocenters. The largest absolute Gasteiger partial charge is 0.307 e. The van der Waals surface area contributed by atoms with Crippen LogP contribution in [0.1, 0.15) is 20.3 Å². The Labute approximate surface area is 62.1 Å². The lowest BCUT2D eigenvalue weighted by atomic mass is 10.1. The smallest absolute Gasteiger partial charge is 0.107 e. The van der Waals surface area contributed by atoms with Crippen LogP contribution in [0.25, 0.3) is 0 Å². The van der Waals surface area contributed by atoms with Crippen molar-refractivity contribution in [2.24, 2.45) is 4.99 Å². The summed E-state index contributed by atoms with van der Waals surface area (Å²) >= 11 is 0. The van der Waals surface area contributed by atoms with E-state index in [4.69, 9.17) is 0 Å². The highest BCUT2D eigenvalue weighted by atomic mass is 15.6. The van der Waals surface area contributed by atoms with Gasteiger partial charge in [-0.2, -0.15) is 0 Å². The van der Waals surface area contributed by atoms with Crippen LogP contribution < -0.4 is 5.43 Å². The predicted octanol–water partition coefficient (Wildman–Crippen LogP) is 0.633. The van der Waals surface area contributed by atoms with Crippen molar-refractivity contribution in [1.29, 1.82) is 0 Å². The molecule has 0 saturated carbocycles. The van der Waals surface area contributed by atoms with E-state index in [1.165, 1.54) is 6.42 Å². The number of hydrogen-bond donors (Lipinski definition) is 1. The Hall–Kier alpha value is -0.570. The minimum absolute atomic E-state index is 0.677. The van der Waals surface area contributed by atoms with Crippen LogP contribution >= 0.6 is 0 Å². The van der Waals surface area contributed by atoms with Gasteiger partial charge in [-0.15, -0.1) is 0 Å². The van der Waals surface area contributed by atoms with Crippen LogP contribution in [0, 0.1) is 0 Å². The van der Waals surface area contributed by atoms with E-state index in [2.05, 4.69) is 22.4 Å². The number of aliphatic imine (C=N–C) groups is 1. The van der Waals surface area contributed by atoms with Crippen LogP contribution in [0.15, 0.2) is 4.99 Å². The highest BCUT2D eigenvalue weighted by Crippen LogP contribution is 2.12. The summed E-state index contributed by atoms with van der Waals surface area (Å²) in [7, 11) is 1.80. The zero-order valence-corrected chi connectivity index (χ0v) is 6.89. The highest BCUT2D eigenvalue weighted by molar-refractivity contribution is 5.78. The van der Waals surface area contributed by atoms with Gasteiger partial charge >= 0.3 is 0 Å². The SMILES string of the molecule is CN=C(C)NN1CCC1C. The van der Waals surface area contributed by atoms with Crippen molar-refractivity contribution in [2.45, 2.75) is 26.3 Å². The minimum atomic E-state index is 0.677. The molecule has 0 bridgehead atoms. The molecule has 0 spiro atoms. The summed E-state index contributed by atoms with van der Waals surface area (Å²) in [5.74, 6) is 0.992. The maximum absolute atomic E-state index is 4.01. The van der Waals surface area contributed by atoms with Gasteiger partial charge in [-0.05, 0) is 20.3 Å². The Morgan fingerprint density at radius 1 is 1.70 bits per heavy atom. The van der Waals surface area contributed by atoms with Gasteiger partial charge in [-0.1, -0.05) is 0 Å². The molecule has 1 fully saturated rings. The molecule has 0 radical (unpaired) electrons. The van der Waals surface area contributed by atoms with E-state index in [0.717, 1.165) is 12.4 Å². The van der Waals surface area contributed by atoms with Crippen LogP contribution in [-0.4, -0.2) is 30.5 Å². The lowest BCUT2D eigenvalue weighted by molar-refractivity contribution is 0.0727. The zero-order valence-electron chi connectivity index (χ0n) is 6.89. The maximum atomic E-state index is 4.01. The molecule has 1 N–H and O–H groups in total. The number of rotatable bonds is 1. The first-order chi connectivity index (χ1) is 4.74. The zero-order chi connectivity index (χ0) is 7.56. The molecule has 10 heavy (non-hydrogen) atoms. The number of hydrazine groups is 1. The van der Waals surface area contributed by atoms with Crippen LogP contribution in [0.2, 0.25) is 0 Å². The van der Waals surface area contributed by atoms with Crippen molar-refractivity contribution >= 4 is 5.84 Å². The Morgan fingerprint density at radius 3 is 2.70 bits per heavy atom. The molecule has 1 saturated heterocycles. The fourth-order valence-electron chi connectivity index (χ4n) is 0.940. The molecule has 0 aromatic rings. The highest BCUT2D eigenvalue weighted by Gasteiger charge is 2.22. The summed E-state index contributed by atoms with van der Waals surface area (Å²) in [4.78, 5) is 4.01. The molecule has 0 aromatic heterocycles. The van der Waals surface area contributed by atoms with E-state index in [9.17, 15) is 0 Å². The van der Waals surface area contributed by atoms with Gasteiger partial charge in [0.2, 0.25) is 0 Å². The topological polar surface area (TPSA) is 27.6 Å². The molecule has 3 nitrogen and oxygen atoms in total. The third-order valence-electron chi connectivity index (χ3n) is 1.96. The van der Waals surface area contributed by atoms with Crippen molar-refractivity contribution in [2.75, 3.05) is 13.6 Å². The first-order valence-corrected chi connectivity index (χ1v) is 3.70. The number of amidine groups is 1. The number of nitrogens with zero attached hydrogens (tertiary/aromatic N) is 2. The second-order valence-electron chi connectivity index (χ2n) is 2.75. The van der Waals surface area contributed by atoms with Gasteiger partial charge in [0.05, 0.1) is 0 Å². The summed E-state index contributed by atoms with van der Waals surface area (Å²) in [5, 5.41) is 2.20. The monoisotopic (exact) mass is 141 g/mol. The molecular weight excluding hydrogens is 126 g/mol. The summed E-state index contributed by atoms with van der Waals surface area (Å²) < 4.78 is 0. The Bertz CT molecular complexity index is 142. The van der Waals surface area contributed by atoms with Crippen molar-refractivity contribution in [3.63, 3.8) is 0 Å². The Kier molecular flexibility index (Phi) is 2.27. The van der Waals surface area contributed by atoms with Crippen LogP contribution in [0.5, 0.6) is 0 Å². The molecular formula is C7H15N3. The Morgan fingerprint density at radius 2 is 2.40 bits per heavy atom. The third kappa shape index (κ3) is 1.48. The first-order valence-electron chi connectivity index (χ1n) is 3.70. The maximum Gasteiger partial charge on any atom is 0.107 e. The molecule has 58 valence electrons. The minimum Gasteiger partial charge on any atom is -0.307 e. The van der Waals surface area contributed by atoms with Crippen molar-refractivity contribution in [1.82, 2.24) is 10.4 Å². The number of hydrogen-bond acceptors (Lipinski definition) is 2. The van der Waals surface area contributed by atoms with E-state index < -0.39 is 0 Å². The van der Waals surface area contributed by atoms with Gasteiger partial charge in [-0.3, -0.25) is 4.99 Å². The van der Waals surface area contributed by atoms with Crippen molar-refractivity contribution < 1.29 is 0 Å². The van der Waals surface area contributed by atoms with Crippen LogP contribution in [0.4, 0.5) is 0 Å². The van der Waals surface area contributed by atoms with Gasteiger partial charge < -0.3 is 5.43 Å². The molecule has 1 aliphatic heterocycles. The van der Waals surface area contributed by atoms with Gasteiger partial charge in [-0.25, -0.2) is 5.01 Å². The average Bonchev–Trinajstić information content (AvgIpc) is 1.96. The van der Waals surface area contributed by atoms with Crippen LogP contribution in [-0.2, 0) is 0 Å². The van der Waals surface area contributed by atoms with Crippen molar-refractivity contribution in [3.8, 4) is 0 Å². The molecule has 0 amide bonds. The fourth-order valence-corrected chi connectivity index (χ4v) is 0.940. The molecule has 0 aromatic carbocycles. The quantitative estimate of drug-likeness (QED) is 0.428. The van der Waals surface area contributed by atoms with Crippen molar-refractivity contribution in [3.05, 3.63) is 0 Å². The van der Waals surface area contributed by atoms with Gasteiger partial charge in [0.25, 0.3) is 0 Å². The second-order valence-corrected chi connectivity index (χ2v) is 2.75. The first kappa shape index (κ1) is 7.54. The lowest BCUT2D eigenvalue weighted by Crippen LogP contribution is -2.55. The Balaban J connectivity index is 2.25. The predicted molar refractivity (Wildman–Crippen MR) is 43.0 cm³/mol. The molecule has 1 heterocycles. The molecule has 1 aliphatic rings. The average molecular weight is 141 g/mol. The molecule has 0 aliphatic carbocycles. The normalized spacial score (nSPS) is 27.9. The third-order valence-corrected chi connectivity index (χ3v) is 1.96. The van der Waals surface area contributed by atoms with E-state index in [0.29, 0.717) is 6.04 Å². The second kappa shape index (κ2) is 3.01. The summed E-state index contributed by atoms with van der Waals surface area (Å²) in [6.07, 6.45) is 1.30. The molecule has 1 rings (SSSR count). The lowest BCUT2D eigenvalue weighted by Gasteiger charge is -2.38. The fraction of sp³-hybridized carbons (Fsp3) is 0.857. The standard InChI is InChI=1S/C7H15N3/c1-6-4-5-10(6)9-7(2)8-3/h6H,4-5H2,1-3H3,(H,8,9). The summed E-state index contributed by atoms with van der Waals surface area (Å²) in [6.45, 7) is 5.33. The van der Waals surface area contributed by atoms with E-state index >= 15 is 0 Å². The van der Waals surface area contributed by atoms with E-state index in [-0.39, 0.29) is 0 Å². The molecule has 3 heteroatoms. The summed E-state index contributed by atoms with van der Waals surface area (Å²) in [6, 6.07) is 0.677. The van der Waals surface area contributed by atoms with Gasteiger partial charge in [0.15, 0.2) is 0 Å². The van der Waals surface area contributed by atoms with E-state index in [1.54, 1.807) is 7.05 Å². The van der Waals surface area contributed by atoms with Gasteiger partial charge in [0.1, 0.15) is 5.84 Å².